The third-order valence-electron chi connectivity index (χ3n) is 11.0. The van der Waals surface area contributed by atoms with Gasteiger partial charge in [0.25, 0.3) is 0 Å². The minimum absolute atomic E-state index is 0.0519. The van der Waals surface area contributed by atoms with E-state index < -0.39 is 4.75 Å². The largest absolute Gasteiger partial charge is 0.379 e. The van der Waals surface area contributed by atoms with E-state index in [9.17, 15) is 4.79 Å². The Hall–Kier alpha value is -4.63. The first-order valence-corrected chi connectivity index (χ1v) is 22.6. The summed E-state index contributed by atoms with van der Waals surface area (Å²) in [6.45, 7) is 7.92. The third kappa shape index (κ3) is 10.3. The van der Waals surface area contributed by atoms with E-state index in [4.69, 9.17) is 4.74 Å². The number of carbonyl (C=O) groups excluding carboxylic acids is 1. The summed E-state index contributed by atoms with van der Waals surface area (Å²) in [6, 6.07) is 64.6. The maximum absolute atomic E-state index is 13.8. The lowest BCUT2D eigenvalue weighted by molar-refractivity contribution is -0.118. The van der Waals surface area contributed by atoms with Crippen molar-refractivity contribution in [2.24, 2.45) is 0 Å². The Balaban J connectivity index is 1.06. The monoisotopic (exact) mass is 805 g/mol. The first-order chi connectivity index (χ1) is 28.7. The van der Waals surface area contributed by atoms with Crippen molar-refractivity contribution < 1.29 is 9.53 Å². The number of nitrogens with zero attached hydrogens (tertiary/aromatic N) is 2. The van der Waals surface area contributed by atoms with Crippen molar-refractivity contribution in [3.8, 4) is 0 Å². The summed E-state index contributed by atoms with van der Waals surface area (Å²) in [5.41, 5.74) is 7.31. The van der Waals surface area contributed by atoms with Gasteiger partial charge in [0, 0.05) is 38.5 Å². The molecule has 0 saturated carbocycles. The van der Waals surface area contributed by atoms with Gasteiger partial charge in [0.05, 0.1) is 28.5 Å². The molecule has 6 aromatic carbocycles. The molecule has 0 unspecified atom stereocenters. The summed E-state index contributed by atoms with van der Waals surface area (Å²) < 4.78 is 4.72. The van der Waals surface area contributed by atoms with Crippen LogP contribution in [-0.4, -0.2) is 86.2 Å². The fourth-order valence-electron chi connectivity index (χ4n) is 8.12. The maximum Gasteiger partial charge on any atom is 0.230 e. The molecule has 0 radical (unpaired) electrons. The van der Waals surface area contributed by atoms with Crippen LogP contribution in [0.25, 0.3) is 0 Å². The van der Waals surface area contributed by atoms with E-state index >= 15 is 0 Å². The van der Waals surface area contributed by atoms with Crippen molar-refractivity contribution >= 4 is 29.4 Å². The molecule has 1 heterocycles. The van der Waals surface area contributed by atoms with E-state index in [0.29, 0.717) is 12.3 Å². The number of morpholine rings is 1. The molecule has 0 atom stereocenters. The van der Waals surface area contributed by atoms with Crippen LogP contribution in [0.15, 0.2) is 182 Å². The van der Waals surface area contributed by atoms with Crippen LogP contribution in [0.1, 0.15) is 39.8 Å². The molecule has 1 fully saturated rings. The van der Waals surface area contributed by atoms with Crippen LogP contribution in [0, 0.1) is 0 Å². The normalized spacial score (nSPS) is 13.7. The smallest absolute Gasteiger partial charge is 0.230 e. The van der Waals surface area contributed by atoms with Gasteiger partial charge in [0.1, 0.15) is 0 Å². The molecule has 298 valence electrons. The summed E-state index contributed by atoms with van der Waals surface area (Å²) in [5.74, 6) is 1.31. The molecule has 6 aromatic rings. The average molecular weight is 806 g/mol. The summed E-state index contributed by atoms with van der Waals surface area (Å²) in [7, 11) is 0. The number of benzene rings is 6. The second kappa shape index (κ2) is 21.4. The van der Waals surface area contributed by atoms with Gasteiger partial charge in [-0.25, -0.2) is 0 Å². The van der Waals surface area contributed by atoms with E-state index in [-0.39, 0.29) is 10.7 Å². The van der Waals surface area contributed by atoms with Crippen molar-refractivity contribution in [1.29, 1.82) is 0 Å². The number of thioether (sulfide) groups is 2. The lowest BCUT2D eigenvalue weighted by atomic mass is 9.84. The number of hydrogen-bond donors (Lipinski definition) is 1. The molecule has 0 spiro atoms. The molecule has 7 rings (SSSR count). The van der Waals surface area contributed by atoms with Gasteiger partial charge in [-0.3, -0.25) is 9.69 Å². The molecule has 7 heteroatoms. The number of amides is 1. The summed E-state index contributed by atoms with van der Waals surface area (Å²) in [5, 5.41) is 3.33. The number of carbonyl (C=O) groups is 1. The second-order valence-corrected chi connectivity index (χ2v) is 17.2. The number of hydrogen-bond acceptors (Lipinski definition) is 6. The predicted molar refractivity (Wildman–Crippen MR) is 245 cm³/mol. The zero-order chi connectivity index (χ0) is 39.7. The molecule has 0 aromatic heterocycles. The Morgan fingerprint density at radius 2 is 0.914 bits per heavy atom. The zero-order valence-electron chi connectivity index (χ0n) is 33.3. The molecule has 1 aliphatic heterocycles. The maximum atomic E-state index is 13.8. The fourth-order valence-corrected chi connectivity index (χ4v) is 11.0. The summed E-state index contributed by atoms with van der Waals surface area (Å²) in [6.07, 6.45) is 1.07. The highest BCUT2D eigenvalue weighted by Gasteiger charge is 2.38. The Bertz CT molecular complexity index is 1870. The van der Waals surface area contributed by atoms with Crippen molar-refractivity contribution in [1.82, 2.24) is 15.1 Å². The van der Waals surface area contributed by atoms with Gasteiger partial charge < -0.3 is 15.0 Å². The molecular weight excluding hydrogens is 751 g/mol. The van der Waals surface area contributed by atoms with Crippen LogP contribution in [0.4, 0.5) is 0 Å². The zero-order valence-corrected chi connectivity index (χ0v) is 35.0. The van der Waals surface area contributed by atoms with Gasteiger partial charge in [-0.2, -0.15) is 0 Å². The Kier molecular flexibility index (Phi) is 15.3. The van der Waals surface area contributed by atoms with Crippen molar-refractivity contribution in [2.45, 2.75) is 15.9 Å². The Labute approximate surface area is 354 Å². The van der Waals surface area contributed by atoms with Gasteiger partial charge in [-0.05, 0) is 52.9 Å². The van der Waals surface area contributed by atoms with Gasteiger partial charge in [-0.15, -0.1) is 23.5 Å². The van der Waals surface area contributed by atoms with Gasteiger partial charge in [0.15, 0.2) is 0 Å². The molecule has 1 saturated heterocycles. The minimum Gasteiger partial charge on any atom is -0.379 e. The van der Waals surface area contributed by atoms with E-state index in [1.807, 2.05) is 11.8 Å². The van der Waals surface area contributed by atoms with Gasteiger partial charge >= 0.3 is 0 Å². The molecule has 58 heavy (non-hydrogen) atoms. The van der Waals surface area contributed by atoms with Gasteiger partial charge in [-0.1, -0.05) is 182 Å². The van der Waals surface area contributed by atoms with E-state index in [1.54, 1.807) is 11.8 Å². The predicted octanol–water partition coefficient (Wildman–Crippen LogP) is 9.58. The number of ether oxygens (including phenoxy) is 1. The van der Waals surface area contributed by atoms with Gasteiger partial charge in [0.2, 0.25) is 5.91 Å². The highest BCUT2D eigenvalue weighted by molar-refractivity contribution is 8.01. The highest BCUT2D eigenvalue weighted by atomic mass is 32.2. The van der Waals surface area contributed by atoms with Crippen LogP contribution >= 0.6 is 23.5 Å². The SMILES string of the molecule is O=C(CSC(c1ccccc1)(c1ccccc1)c1ccccc1)NCCN(CCCN1CCOCC1)CCSC(c1ccccc1)(c1ccccc1)c1ccccc1. The fraction of sp³-hybridized carbons (Fsp3) is 0.275. The topological polar surface area (TPSA) is 44.8 Å². The van der Waals surface area contributed by atoms with Crippen LogP contribution in [0.2, 0.25) is 0 Å². The molecule has 0 bridgehead atoms. The molecule has 1 aliphatic rings. The van der Waals surface area contributed by atoms with E-state index in [2.05, 4.69) is 197 Å². The van der Waals surface area contributed by atoms with Crippen LogP contribution in [0.5, 0.6) is 0 Å². The molecule has 1 N–H and O–H groups in total. The lowest BCUT2D eigenvalue weighted by Crippen LogP contribution is -2.40. The van der Waals surface area contributed by atoms with Crippen molar-refractivity contribution in [2.75, 3.05) is 70.5 Å². The first kappa shape index (κ1) is 41.5. The van der Waals surface area contributed by atoms with Crippen LogP contribution in [-0.2, 0) is 19.0 Å². The van der Waals surface area contributed by atoms with E-state index in [0.717, 1.165) is 81.3 Å². The first-order valence-electron chi connectivity index (χ1n) is 20.6. The molecule has 1 amide bonds. The number of nitrogens with one attached hydrogen (secondary N) is 1. The second-order valence-electron chi connectivity index (χ2n) is 14.7. The summed E-state index contributed by atoms with van der Waals surface area (Å²) in [4.78, 5) is 18.9. The average Bonchev–Trinajstić information content (AvgIpc) is 3.30. The van der Waals surface area contributed by atoms with Crippen molar-refractivity contribution in [3.05, 3.63) is 215 Å². The lowest BCUT2D eigenvalue weighted by Gasteiger charge is -2.36. The Morgan fingerprint density at radius 1 is 0.534 bits per heavy atom. The van der Waals surface area contributed by atoms with Crippen LogP contribution in [0.3, 0.4) is 0 Å². The number of rotatable bonds is 20. The minimum atomic E-state index is -0.535. The third-order valence-corrected chi connectivity index (χ3v) is 14.1. The quantitative estimate of drug-likeness (QED) is 0.0777. The summed E-state index contributed by atoms with van der Waals surface area (Å²) >= 11 is 3.69. The Morgan fingerprint density at radius 3 is 1.31 bits per heavy atom. The van der Waals surface area contributed by atoms with Crippen LogP contribution < -0.4 is 5.32 Å². The van der Waals surface area contributed by atoms with Crippen molar-refractivity contribution in [3.63, 3.8) is 0 Å². The highest BCUT2D eigenvalue weighted by Crippen LogP contribution is 2.49. The molecular formula is C51H55N3O2S2. The molecule has 0 aliphatic carbocycles. The standard InChI is InChI=1S/C51H55N3O2S2/c55-49(42-58-51(46-26-13-4-14-27-46,47-28-15-5-16-29-47)48-30-17-6-18-31-48)52-32-35-53(33-19-34-54-36-39-56-40-37-54)38-41-57-50(43-20-7-1-8-21-43,44-22-9-2-10-23-44)45-24-11-3-12-25-45/h1-18,20-31H,19,32-42H2,(H,52,55). The molecule has 5 nitrogen and oxygen atoms in total. The van der Waals surface area contributed by atoms with E-state index in [1.165, 1.54) is 16.7 Å².